The zero-order chi connectivity index (χ0) is 15.5. The Hall–Kier alpha value is -1.67. The van der Waals surface area contributed by atoms with E-state index in [1.807, 2.05) is 0 Å². The van der Waals surface area contributed by atoms with E-state index in [0.717, 1.165) is 0 Å². The van der Waals surface area contributed by atoms with Crippen LogP contribution in [0, 0.1) is 0 Å². The van der Waals surface area contributed by atoms with Gasteiger partial charge in [0.25, 0.3) is 0 Å². The molecule has 7 nitrogen and oxygen atoms in total. The van der Waals surface area contributed by atoms with Gasteiger partial charge in [-0.15, -0.1) is 0 Å². The molecule has 1 aromatic rings. The zero-order valence-corrected chi connectivity index (χ0v) is 13.0. The van der Waals surface area contributed by atoms with E-state index in [9.17, 15) is 13.2 Å². The Balaban J connectivity index is 1.93. The van der Waals surface area contributed by atoms with Crippen molar-refractivity contribution in [2.24, 2.45) is 0 Å². The van der Waals surface area contributed by atoms with Gasteiger partial charge in [0.1, 0.15) is 0 Å². The number of pyridine rings is 1. The molecule has 0 radical (unpaired) electrons. The normalized spacial score (nSPS) is 17.6. The summed E-state index contributed by atoms with van der Waals surface area (Å²) in [5.41, 5.74) is 0.644. The third-order valence-corrected chi connectivity index (χ3v) is 5.43. The van der Waals surface area contributed by atoms with Gasteiger partial charge < -0.3 is 9.64 Å². The monoisotopic (exact) mass is 313 g/mol. The first-order chi connectivity index (χ1) is 9.94. The lowest BCUT2D eigenvalue weighted by atomic mass is 10.3. The van der Waals surface area contributed by atoms with Crippen molar-refractivity contribution in [2.45, 2.75) is 12.8 Å². The first-order valence-electron chi connectivity index (χ1n) is 6.68. The van der Waals surface area contributed by atoms with Crippen LogP contribution in [0.3, 0.4) is 0 Å². The molecule has 0 spiro atoms. The highest BCUT2D eigenvalue weighted by molar-refractivity contribution is 7.89. The van der Waals surface area contributed by atoms with Gasteiger partial charge in [0.2, 0.25) is 21.8 Å². The molecule has 0 unspecified atom stereocenters. The van der Waals surface area contributed by atoms with Crippen LogP contribution < -0.4 is 9.64 Å². The molecule has 1 aliphatic rings. The van der Waals surface area contributed by atoms with E-state index < -0.39 is 10.0 Å². The number of ether oxygens (including phenoxy) is 1. The summed E-state index contributed by atoms with van der Waals surface area (Å²) in [4.78, 5) is 17.6. The zero-order valence-electron chi connectivity index (χ0n) is 12.2. The molecule has 8 heteroatoms. The molecule has 0 aromatic carbocycles. The maximum absolute atomic E-state index is 12.1. The number of methoxy groups -OCH3 is 1. The maximum Gasteiger partial charge on any atom is 0.228 e. The molecule has 2 rings (SSSR count). The standard InChI is InChI=1S/C13H19N3O4S/c1-15(11-4-5-12(20-2)14-10-11)13(17)6-8-16-7-3-9-21(16,18)19/h4-5,10H,3,6-9H2,1-2H3. The van der Waals surface area contributed by atoms with E-state index in [1.165, 1.54) is 16.3 Å². The van der Waals surface area contributed by atoms with Crippen molar-refractivity contribution >= 4 is 21.6 Å². The third kappa shape index (κ3) is 3.70. The summed E-state index contributed by atoms with van der Waals surface area (Å²) in [6.45, 7) is 0.735. The third-order valence-electron chi connectivity index (χ3n) is 3.47. The van der Waals surface area contributed by atoms with Gasteiger partial charge in [-0.25, -0.2) is 17.7 Å². The maximum atomic E-state index is 12.1. The first kappa shape index (κ1) is 15.7. The van der Waals surface area contributed by atoms with E-state index in [2.05, 4.69) is 4.98 Å². The molecule has 1 fully saturated rings. The van der Waals surface area contributed by atoms with E-state index in [-0.39, 0.29) is 24.6 Å². The molecule has 0 aliphatic carbocycles. The fourth-order valence-electron chi connectivity index (χ4n) is 2.17. The van der Waals surface area contributed by atoms with Crippen LogP contribution in [0.2, 0.25) is 0 Å². The molecule has 0 atom stereocenters. The summed E-state index contributed by atoms with van der Waals surface area (Å²) >= 11 is 0. The molecular weight excluding hydrogens is 294 g/mol. The Bertz CT molecular complexity index is 600. The Morgan fingerprint density at radius 2 is 2.24 bits per heavy atom. The van der Waals surface area contributed by atoms with Crippen molar-refractivity contribution in [1.82, 2.24) is 9.29 Å². The van der Waals surface area contributed by atoms with Crippen LogP contribution in [0.15, 0.2) is 18.3 Å². The quantitative estimate of drug-likeness (QED) is 0.790. The second-order valence-corrected chi connectivity index (χ2v) is 6.92. The molecule has 1 aromatic heterocycles. The van der Waals surface area contributed by atoms with Gasteiger partial charge in [0.15, 0.2) is 0 Å². The number of rotatable bonds is 5. The van der Waals surface area contributed by atoms with E-state index in [0.29, 0.717) is 24.5 Å². The number of carbonyl (C=O) groups is 1. The Morgan fingerprint density at radius 1 is 1.48 bits per heavy atom. The van der Waals surface area contributed by atoms with Crippen LogP contribution in [0.4, 0.5) is 5.69 Å². The van der Waals surface area contributed by atoms with Crippen molar-refractivity contribution in [3.63, 3.8) is 0 Å². The summed E-state index contributed by atoms with van der Waals surface area (Å²) < 4.78 is 29.7. The van der Waals surface area contributed by atoms with Crippen molar-refractivity contribution in [1.29, 1.82) is 0 Å². The summed E-state index contributed by atoms with van der Waals surface area (Å²) in [6.07, 6.45) is 2.33. The van der Waals surface area contributed by atoms with Crippen molar-refractivity contribution in [2.75, 3.05) is 37.9 Å². The minimum Gasteiger partial charge on any atom is -0.481 e. The summed E-state index contributed by atoms with van der Waals surface area (Å²) in [6, 6.07) is 3.40. The van der Waals surface area contributed by atoms with Crippen LogP contribution >= 0.6 is 0 Å². The van der Waals surface area contributed by atoms with Crippen LogP contribution in [0.1, 0.15) is 12.8 Å². The molecule has 0 saturated carbocycles. The fraction of sp³-hybridized carbons (Fsp3) is 0.538. The molecular formula is C13H19N3O4S. The van der Waals surface area contributed by atoms with E-state index in [1.54, 1.807) is 25.4 Å². The van der Waals surface area contributed by atoms with Gasteiger partial charge in [-0.05, 0) is 12.5 Å². The van der Waals surface area contributed by atoms with E-state index >= 15 is 0 Å². The minimum absolute atomic E-state index is 0.149. The molecule has 1 amide bonds. The number of anilines is 1. The lowest BCUT2D eigenvalue weighted by molar-refractivity contribution is -0.118. The van der Waals surface area contributed by atoms with Gasteiger partial charge in [-0.2, -0.15) is 0 Å². The van der Waals surface area contributed by atoms with Gasteiger partial charge in [0.05, 0.1) is 24.7 Å². The first-order valence-corrected chi connectivity index (χ1v) is 8.29. The van der Waals surface area contributed by atoms with Crippen molar-refractivity contribution in [3.05, 3.63) is 18.3 Å². The van der Waals surface area contributed by atoms with Crippen molar-refractivity contribution < 1.29 is 17.9 Å². The Labute approximate surface area is 124 Å². The number of aromatic nitrogens is 1. The van der Waals surface area contributed by atoms with Crippen LogP contribution in [0.25, 0.3) is 0 Å². The summed E-state index contributed by atoms with van der Waals surface area (Å²) in [5, 5.41) is 0. The van der Waals surface area contributed by atoms with Crippen LogP contribution in [-0.2, 0) is 14.8 Å². The summed E-state index contributed by atoms with van der Waals surface area (Å²) in [5.74, 6) is 0.506. The second-order valence-electron chi connectivity index (χ2n) is 4.83. The number of amides is 1. The molecule has 21 heavy (non-hydrogen) atoms. The van der Waals surface area contributed by atoms with Crippen LogP contribution in [0.5, 0.6) is 5.88 Å². The Morgan fingerprint density at radius 3 is 2.76 bits per heavy atom. The van der Waals surface area contributed by atoms with Crippen molar-refractivity contribution in [3.8, 4) is 5.88 Å². The fourth-order valence-corrected chi connectivity index (χ4v) is 3.69. The molecule has 1 saturated heterocycles. The highest BCUT2D eigenvalue weighted by atomic mass is 32.2. The largest absolute Gasteiger partial charge is 0.481 e. The lowest BCUT2D eigenvalue weighted by Gasteiger charge is -2.19. The topological polar surface area (TPSA) is 79.8 Å². The minimum atomic E-state index is -3.15. The predicted octanol–water partition coefficient (Wildman–Crippen LogP) is 0.479. The SMILES string of the molecule is COc1ccc(N(C)C(=O)CCN2CCCS2(=O)=O)cn1. The van der Waals surface area contributed by atoms with Crippen LogP contribution in [-0.4, -0.2) is 56.6 Å². The van der Waals surface area contributed by atoms with Gasteiger partial charge >= 0.3 is 0 Å². The van der Waals surface area contributed by atoms with Gasteiger partial charge in [-0.3, -0.25) is 4.79 Å². The number of carbonyl (C=O) groups excluding carboxylic acids is 1. The number of hydrogen-bond donors (Lipinski definition) is 0. The second kappa shape index (κ2) is 6.40. The average Bonchev–Trinajstić information content (AvgIpc) is 2.82. The summed E-state index contributed by atoms with van der Waals surface area (Å²) in [7, 11) is 0.0160. The molecule has 0 N–H and O–H groups in total. The van der Waals surface area contributed by atoms with Gasteiger partial charge in [-0.1, -0.05) is 0 Å². The molecule has 116 valence electrons. The average molecular weight is 313 g/mol. The van der Waals surface area contributed by atoms with E-state index in [4.69, 9.17) is 4.74 Å². The molecule has 0 bridgehead atoms. The van der Waals surface area contributed by atoms with Gasteiger partial charge in [0, 0.05) is 32.6 Å². The number of nitrogens with zero attached hydrogens (tertiary/aromatic N) is 3. The lowest BCUT2D eigenvalue weighted by Crippen LogP contribution is -2.33. The smallest absolute Gasteiger partial charge is 0.228 e. The number of hydrogen-bond acceptors (Lipinski definition) is 5. The highest BCUT2D eigenvalue weighted by Gasteiger charge is 2.28. The highest BCUT2D eigenvalue weighted by Crippen LogP contribution is 2.17. The predicted molar refractivity (Wildman–Crippen MR) is 78.8 cm³/mol. The Kier molecular flexibility index (Phi) is 4.79. The number of sulfonamides is 1. The molecule has 2 heterocycles. The molecule has 1 aliphatic heterocycles.